The standard InChI is InChI=1S/C28H34N6O3/c1-19-16-20(8-9-29-19)24-6-7-25(36-24)27(35)30-21-18-26-22(17-23(21)33-10-4-3-5-11-33)31-28(37-26)34-14-12-32(2)13-15-34/h6-9,16-18,27,30,35H,3-5,10-15H2,1-2H3. The van der Waals surface area contributed by atoms with Gasteiger partial charge in [0.25, 0.3) is 6.01 Å². The highest BCUT2D eigenvalue weighted by molar-refractivity contribution is 5.88. The molecule has 0 spiro atoms. The minimum atomic E-state index is -1.02. The molecule has 2 aliphatic rings. The van der Waals surface area contributed by atoms with Gasteiger partial charge in [-0.15, -0.1) is 0 Å². The number of likely N-dealkylation sites (N-methyl/N-ethyl adjacent to an activating group) is 1. The average Bonchev–Trinajstić information content (AvgIpc) is 3.57. The maximum atomic E-state index is 11.1. The van der Waals surface area contributed by atoms with Crippen molar-refractivity contribution in [1.29, 1.82) is 0 Å². The molecule has 2 aliphatic heterocycles. The maximum absolute atomic E-state index is 11.1. The number of piperidine rings is 1. The van der Waals surface area contributed by atoms with E-state index in [0.29, 0.717) is 23.1 Å². The number of rotatable bonds is 6. The third-order valence-electron chi connectivity index (χ3n) is 7.33. The number of oxazole rings is 1. The minimum absolute atomic E-state index is 0.449. The average molecular weight is 503 g/mol. The van der Waals surface area contributed by atoms with Crippen LogP contribution < -0.4 is 15.1 Å². The van der Waals surface area contributed by atoms with Crippen LogP contribution in [0.25, 0.3) is 22.4 Å². The van der Waals surface area contributed by atoms with E-state index in [1.54, 1.807) is 6.20 Å². The fourth-order valence-corrected chi connectivity index (χ4v) is 5.17. The second-order valence-electron chi connectivity index (χ2n) is 10.1. The number of nitrogens with zero attached hydrogens (tertiary/aromatic N) is 5. The van der Waals surface area contributed by atoms with Crippen LogP contribution in [-0.4, -0.2) is 66.3 Å². The van der Waals surface area contributed by atoms with E-state index in [-0.39, 0.29) is 0 Å². The van der Waals surface area contributed by atoms with E-state index in [9.17, 15) is 5.11 Å². The number of pyridine rings is 1. The Morgan fingerprint density at radius 3 is 2.51 bits per heavy atom. The molecule has 1 atom stereocenters. The minimum Gasteiger partial charge on any atom is -0.456 e. The van der Waals surface area contributed by atoms with E-state index >= 15 is 0 Å². The van der Waals surface area contributed by atoms with E-state index in [1.807, 2.05) is 37.3 Å². The molecule has 1 aromatic carbocycles. The highest BCUT2D eigenvalue weighted by Gasteiger charge is 2.23. The van der Waals surface area contributed by atoms with Crippen molar-refractivity contribution in [2.24, 2.45) is 0 Å². The van der Waals surface area contributed by atoms with Crippen LogP contribution in [0.2, 0.25) is 0 Å². The Morgan fingerprint density at radius 2 is 1.73 bits per heavy atom. The summed E-state index contributed by atoms with van der Waals surface area (Å²) in [7, 11) is 2.14. The number of aliphatic hydroxyl groups excluding tert-OH is 1. The first-order chi connectivity index (χ1) is 18.0. The topological polar surface area (TPSA) is 94.0 Å². The molecule has 0 aliphatic carbocycles. The Labute approximate surface area is 216 Å². The summed E-state index contributed by atoms with van der Waals surface area (Å²) in [6.45, 7) is 7.66. The molecule has 0 amide bonds. The van der Waals surface area contributed by atoms with Crippen molar-refractivity contribution < 1.29 is 13.9 Å². The van der Waals surface area contributed by atoms with Crippen molar-refractivity contribution in [3.8, 4) is 11.3 Å². The molecule has 5 heterocycles. The number of fused-ring (bicyclic) bond motifs is 1. The van der Waals surface area contributed by atoms with Gasteiger partial charge in [-0.2, -0.15) is 4.98 Å². The Hall–Kier alpha value is -3.56. The third-order valence-corrected chi connectivity index (χ3v) is 7.33. The molecule has 1 unspecified atom stereocenters. The van der Waals surface area contributed by atoms with Crippen molar-refractivity contribution in [3.63, 3.8) is 0 Å². The number of aliphatic hydroxyl groups is 1. The summed E-state index contributed by atoms with van der Waals surface area (Å²) in [5.41, 5.74) is 5.22. The summed E-state index contributed by atoms with van der Waals surface area (Å²) >= 11 is 0. The Bertz CT molecular complexity index is 1370. The summed E-state index contributed by atoms with van der Waals surface area (Å²) in [6.07, 6.45) is 4.29. The molecule has 37 heavy (non-hydrogen) atoms. The van der Waals surface area contributed by atoms with Gasteiger partial charge < -0.3 is 34.0 Å². The van der Waals surface area contributed by atoms with Crippen molar-refractivity contribution in [2.75, 3.05) is 61.4 Å². The highest BCUT2D eigenvalue weighted by Crippen LogP contribution is 2.37. The van der Waals surface area contributed by atoms with Crippen molar-refractivity contribution in [2.45, 2.75) is 32.4 Å². The van der Waals surface area contributed by atoms with Crippen LogP contribution in [0.15, 0.2) is 51.4 Å². The largest absolute Gasteiger partial charge is 0.456 e. The predicted molar refractivity (Wildman–Crippen MR) is 145 cm³/mol. The van der Waals surface area contributed by atoms with Crippen molar-refractivity contribution in [1.82, 2.24) is 14.9 Å². The van der Waals surface area contributed by atoms with Crippen LogP contribution >= 0.6 is 0 Å². The third kappa shape index (κ3) is 5.01. The SMILES string of the molecule is Cc1cc(-c2ccc(C(O)Nc3cc4oc(N5CCN(C)CC5)nc4cc3N3CCCCC3)o2)ccn1. The van der Waals surface area contributed by atoms with Gasteiger partial charge in [-0.25, -0.2) is 0 Å². The molecular formula is C28H34N6O3. The molecule has 0 bridgehead atoms. The lowest BCUT2D eigenvalue weighted by atomic mass is 10.1. The smallest absolute Gasteiger partial charge is 0.298 e. The van der Waals surface area contributed by atoms with Crippen LogP contribution in [0.1, 0.15) is 36.9 Å². The Balaban J connectivity index is 1.30. The summed E-state index contributed by atoms with van der Waals surface area (Å²) in [6, 6.07) is 12.3. The lowest BCUT2D eigenvalue weighted by Crippen LogP contribution is -2.44. The zero-order chi connectivity index (χ0) is 25.4. The van der Waals surface area contributed by atoms with E-state index in [2.05, 4.69) is 38.1 Å². The monoisotopic (exact) mass is 502 g/mol. The zero-order valence-corrected chi connectivity index (χ0v) is 21.5. The molecule has 194 valence electrons. The number of aryl methyl sites for hydroxylation is 1. The second-order valence-corrected chi connectivity index (χ2v) is 10.1. The molecule has 2 N–H and O–H groups in total. The number of furan rings is 1. The number of benzene rings is 1. The lowest BCUT2D eigenvalue weighted by Gasteiger charge is -2.31. The fraction of sp³-hybridized carbons (Fsp3) is 0.429. The molecule has 9 nitrogen and oxygen atoms in total. The van der Waals surface area contributed by atoms with Gasteiger partial charge in [0.1, 0.15) is 11.3 Å². The molecule has 0 radical (unpaired) electrons. The second kappa shape index (κ2) is 10.1. The first-order valence-corrected chi connectivity index (χ1v) is 13.1. The van der Waals surface area contributed by atoms with Gasteiger partial charge in [-0.05, 0) is 63.6 Å². The number of aromatic nitrogens is 2. The Morgan fingerprint density at radius 1 is 0.919 bits per heavy atom. The van der Waals surface area contributed by atoms with Crippen molar-refractivity contribution >= 4 is 28.5 Å². The van der Waals surface area contributed by atoms with Crippen LogP contribution in [-0.2, 0) is 0 Å². The van der Waals surface area contributed by atoms with Gasteiger partial charge in [0.15, 0.2) is 17.6 Å². The number of hydrogen-bond donors (Lipinski definition) is 2. The zero-order valence-electron chi connectivity index (χ0n) is 21.5. The summed E-state index contributed by atoms with van der Waals surface area (Å²) in [4.78, 5) is 16.0. The van der Waals surface area contributed by atoms with Gasteiger partial charge in [0.2, 0.25) is 0 Å². The van der Waals surface area contributed by atoms with Crippen LogP contribution in [0.5, 0.6) is 0 Å². The lowest BCUT2D eigenvalue weighted by molar-refractivity contribution is 0.179. The molecule has 2 fully saturated rings. The Kier molecular flexibility index (Phi) is 6.48. The van der Waals surface area contributed by atoms with Crippen LogP contribution in [0, 0.1) is 6.92 Å². The predicted octanol–water partition coefficient (Wildman–Crippen LogP) is 4.64. The molecule has 0 saturated carbocycles. The number of hydrogen-bond acceptors (Lipinski definition) is 9. The highest BCUT2D eigenvalue weighted by atomic mass is 16.4. The van der Waals surface area contributed by atoms with Crippen LogP contribution in [0.3, 0.4) is 0 Å². The van der Waals surface area contributed by atoms with Gasteiger partial charge in [-0.3, -0.25) is 4.98 Å². The quantitative estimate of drug-likeness (QED) is 0.366. The first kappa shape index (κ1) is 23.8. The van der Waals surface area contributed by atoms with Gasteiger partial charge in [0.05, 0.1) is 11.4 Å². The van der Waals surface area contributed by atoms with Crippen molar-refractivity contribution in [3.05, 3.63) is 54.0 Å². The van der Waals surface area contributed by atoms with E-state index < -0.39 is 6.23 Å². The summed E-state index contributed by atoms with van der Waals surface area (Å²) in [5, 5.41) is 14.4. The number of nitrogens with one attached hydrogen (secondary N) is 1. The van der Waals surface area contributed by atoms with E-state index in [1.165, 1.54) is 6.42 Å². The molecule has 4 aromatic rings. The first-order valence-electron chi connectivity index (χ1n) is 13.1. The molecule has 9 heteroatoms. The van der Waals surface area contributed by atoms with Crippen LogP contribution in [0.4, 0.5) is 17.4 Å². The number of piperazine rings is 1. The normalized spacial score (nSPS) is 17.9. The number of anilines is 3. The summed E-state index contributed by atoms with van der Waals surface area (Å²) in [5.74, 6) is 1.14. The summed E-state index contributed by atoms with van der Waals surface area (Å²) < 4.78 is 12.2. The van der Waals surface area contributed by atoms with Gasteiger partial charge in [0, 0.05) is 62.8 Å². The molecule has 6 rings (SSSR count). The fourth-order valence-electron chi connectivity index (χ4n) is 5.17. The molecule has 2 saturated heterocycles. The molecule has 3 aromatic heterocycles. The molecular weight excluding hydrogens is 468 g/mol. The van der Waals surface area contributed by atoms with E-state index in [0.717, 1.165) is 80.3 Å². The maximum Gasteiger partial charge on any atom is 0.298 e. The van der Waals surface area contributed by atoms with E-state index in [4.69, 9.17) is 13.8 Å². The van der Waals surface area contributed by atoms with Gasteiger partial charge >= 0.3 is 0 Å². The van der Waals surface area contributed by atoms with Gasteiger partial charge in [-0.1, -0.05) is 0 Å².